The van der Waals surface area contributed by atoms with Crippen molar-refractivity contribution in [2.75, 3.05) is 13.2 Å². The van der Waals surface area contributed by atoms with E-state index in [0.29, 0.717) is 12.2 Å². The molecule has 2 fully saturated rings. The fourth-order valence-electron chi connectivity index (χ4n) is 4.44. The van der Waals surface area contributed by atoms with Crippen LogP contribution in [-0.2, 0) is 15.9 Å². The van der Waals surface area contributed by atoms with Crippen LogP contribution in [0.3, 0.4) is 0 Å². The van der Waals surface area contributed by atoms with Crippen LogP contribution in [0, 0.1) is 5.92 Å². The van der Waals surface area contributed by atoms with E-state index in [4.69, 9.17) is 9.47 Å². The van der Waals surface area contributed by atoms with E-state index in [1.54, 1.807) is 5.56 Å². The number of rotatable bonds is 7. The van der Waals surface area contributed by atoms with Gasteiger partial charge in [0.25, 0.3) is 0 Å². The number of allylic oxidation sites excluding steroid dienone is 1. The Hall–Kier alpha value is -1.12. The van der Waals surface area contributed by atoms with Crippen molar-refractivity contribution in [2.45, 2.75) is 83.3 Å². The number of benzene rings is 1. The molecule has 144 valence electrons. The lowest BCUT2D eigenvalue weighted by molar-refractivity contribution is -0.0679. The summed E-state index contributed by atoms with van der Waals surface area (Å²) in [5.74, 6) is 1.49. The second kappa shape index (κ2) is 10.3. The first-order valence-corrected chi connectivity index (χ1v) is 10.8. The molecule has 2 unspecified atom stereocenters. The summed E-state index contributed by atoms with van der Waals surface area (Å²) in [5.41, 5.74) is 3.02. The summed E-state index contributed by atoms with van der Waals surface area (Å²) in [7, 11) is 0. The zero-order valence-corrected chi connectivity index (χ0v) is 16.7. The van der Waals surface area contributed by atoms with Crippen molar-refractivity contribution in [2.24, 2.45) is 5.92 Å². The Balaban J connectivity index is 1.41. The van der Waals surface area contributed by atoms with E-state index < -0.39 is 0 Å². The SMILES string of the molecule is CCCc1ccc(C2CCC(/C=C/C3CCC(OCC)CO3)CC2)cc1. The van der Waals surface area contributed by atoms with Gasteiger partial charge in [-0.3, -0.25) is 0 Å². The topological polar surface area (TPSA) is 18.5 Å². The van der Waals surface area contributed by atoms with E-state index in [0.717, 1.165) is 37.9 Å². The molecule has 0 amide bonds. The summed E-state index contributed by atoms with van der Waals surface area (Å²) in [6.07, 6.45) is 15.3. The molecule has 2 nitrogen and oxygen atoms in total. The molecule has 26 heavy (non-hydrogen) atoms. The van der Waals surface area contributed by atoms with Gasteiger partial charge in [-0.05, 0) is 74.8 Å². The molecule has 1 aliphatic carbocycles. The van der Waals surface area contributed by atoms with Gasteiger partial charge in [-0.2, -0.15) is 0 Å². The highest BCUT2D eigenvalue weighted by molar-refractivity contribution is 5.26. The maximum Gasteiger partial charge on any atom is 0.0809 e. The number of hydrogen-bond donors (Lipinski definition) is 0. The van der Waals surface area contributed by atoms with Crippen molar-refractivity contribution in [3.63, 3.8) is 0 Å². The summed E-state index contributed by atoms with van der Waals surface area (Å²) in [6.45, 7) is 5.85. The first-order chi connectivity index (χ1) is 12.8. The molecule has 0 N–H and O–H groups in total. The van der Waals surface area contributed by atoms with Gasteiger partial charge < -0.3 is 9.47 Å². The first-order valence-electron chi connectivity index (χ1n) is 10.8. The average molecular weight is 357 g/mol. The molecule has 0 radical (unpaired) electrons. The van der Waals surface area contributed by atoms with Crippen molar-refractivity contribution in [1.29, 1.82) is 0 Å². The Bertz CT molecular complexity index is 532. The molecule has 2 atom stereocenters. The van der Waals surface area contributed by atoms with Crippen molar-refractivity contribution < 1.29 is 9.47 Å². The molecule has 1 saturated carbocycles. The lowest BCUT2D eigenvalue weighted by Crippen LogP contribution is -2.30. The summed E-state index contributed by atoms with van der Waals surface area (Å²) in [4.78, 5) is 0. The summed E-state index contributed by atoms with van der Waals surface area (Å²) in [6, 6.07) is 9.41. The quantitative estimate of drug-likeness (QED) is 0.553. The number of ether oxygens (including phenoxy) is 2. The van der Waals surface area contributed by atoms with E-state index >= 15 is 0 Å². The zero-order chi connectivity index (χ0) is 18.2. The molecule has 1 aromatic carbocycles. The first kappa shape index (κ1) is 19.6. The van der Waals surface area contributed by atoms with Crippen LogP contribution in [0.25, 0.3) is 0 Å². The highest BCUT2D eigenvalue weighted by Gasteiger charge is 2.23. The Kier molecular flexibility index (Phi) is 7.76. The highest BCUT2D eigenvalue weighted by Crippen LogP contribution is 2.36. The van der Waals surface area contributed by atoms with Crippen molar-refractivity contribution in [3.8, 4) is 0 Å². The maximum atomic E-state index is 5.94. The summed E-state index contributed by atoms with van der Waals surface area (Å²) in [5, 5.41) is 0. The molecule has 1 heterocycles. The van der Waals surface area contributed by atoms with E-state index in [2.05, 4.69) is 50.3 Å². The zero-order valence-electron chi connectivity index (χ0n) is 16.7. The second-order valence-electron chi connectivity index (χ2n) is 8.01. The van der Waals surface area contributed by atoms with Gasteiger partial charge in [0.15, 0.2) is 0 Å². The van der Waals surface area contributed by atoms with Gasteiger partial charge in [0, 0.05) is 6.61 Å². The van der Waals surface area contributed by atoms with E-state index in [9.17, 15) is 0 Å². The number of hydrogen-bond acceptors (Lipinski definition) is 2. The van der Waals surface area contributed by atoms with Crippen molar-refractivity contribution in [1.82, 2.24) is 0 Å². The van der Waals surface area contributed by atoms with Crippen LogP contribution in [0.1, 0.15) is 75.8 Å². The highest BCUT2D eigenvalue weighted by atomic mass is 16.5. The fraction of sp³-hybridized carbons (Fsp3) is 0.667. The molecule has 2 aliphatic rings. The molecule has 1 saturated heterocycles. The minimum atomic E-state index is 0.301. The third-order valence-electron chi connectivity index (χ3n) is 6.03. The van der Waals surface area contributed by atoms with Crippen LogP contribution in [0.5, 0.6) is 0 Å². The molecule has 2 heteroatoms. The minimum Gasteiger partial charge on any atom is -0.376 e. The van der Waals surface area contributed by atoms with Crippen molar-refractivity contribution >= 4 is 0 Å². The molecule has 0 bridgehead atoms. The summed E-state index contributed by atoms with van der Waals surface area (Å²) < 4.78 is 11.6. The molecule has 3 rings (SSSR count). The van der Waals surface area contributed by atoms with Crippen molar-refractivity contribution in [3.05, 3.63) is 47.5 Å². The Morgan fingerprint density at radius 2 is 1.73 bits per heavy atom. The normalized spacial score (nSPS) is 29.9. The van der Waals surface area contributed by atoms with E-state index in [1.807, 2.05) is 0 Å². The van der Waals surface area contributed by atoms with Gasteiger partial charge in [-0.25, -0.2) is 0 Å². The monoisotopic (exact) mass is 356 g/mol. The Morgan fingerprint density at radius 3 is 2.35 bits per heavy atom. The summed E-state index contributed by atoms with van der Waals surface area (Å²) >= 11 is 0. The van der Waals surface area contributed by atoms with Crippen LogP contribution in [0.4, 0.5) is 0 Å². The molecular formula is C24H36O2. The van der Waals surface area contributed by atoms with Gasteiger partial charge in [0.05, 0.1) is 18.8 Å². The lowest BCUT2D eigenvalue weighted by atomic mass is 9.78. The lowest BCUT2D eigenvalue weighted by Gasteiger charge is -2.29. The third-order valence-corrected chi connectivity index (χ3v) is 6.03. The van der Waals surface area contributed by atoms with Gasteiger partial charge in [0.1, 0.15) is 0 Å². The molecule has 1 aromatic rings. The van der Waals surface area contributed by atoms with Gasteiger partial charge in [0.2, 0.25) is 0 Å². The Morgan fingerprint density at radius 1 is 0.962 bits per heavy atom. The predicted molar refractivity (Wildman–Crippen MR) is 109 cm³/mol. The van der Waals surface area contributed by atoms with Crippen LogP contribution >= 0.6 is 0 Å². The molecular weight excluding hydrogens is 320 g/mol. The van der Waals surface area contributed by atoms with Crippen LogP contribution in [0.2, 0.25) is 0 Å². The Labute approximate surface area is 160 Å². The standard InChI is InChI=1S/C24H36O2/c1-3-5-19-6-11-21(12-7-19)22-13-8-20(9-14-22)10-15-23-16-17-24(18-26-23)25-4-2/h6-7,10-12,15,20,22-24H,3-5,8-9,13-14,16-18H2,1-2H3/b15-10+. The predicted octanol–water partition coefficient (Wildman–Crippen LogP) is 6.05. The molecule has 0 aromatic heterocycles. The van der Waals surface area contributed by atoms with Gasteiger partial charge in [-0.1, -0.05) is 49.8 Å². The van der Waals surface area contributed by atoms with Crippen LogP contribution < -0.4 is 0 Å². The van der Waals surface area contributed by atoms with Gasteiger partial charge >= 0.3 is 0 Å². The molecule has 1 aliphatic heterocycles. The number of aryl methyl sites for hydroxylation is 1. The van der Waals surface area contributed by atoms with E-state index in [-0.39, 0.29) is 0 Å². The fourth-order valence-corrected chi connectivity index (χ4v) is 4.44. The average Bonchev–Trinajstić information content (AvgIpc) is 2.69. The van der Waals surface area contributed by atoms with Crippen LogP contribution in [0.15, 0.2) is 36.4 Å². The minimum absolute atomic E-state index is 0.301. The third kappa shape index (κ3) is 5.69. The molecule has 0 spiro atoms. The van der Waals surface area contributed by atoms with Gasteiger partial charge in [-0.15, -0.1) is 0 Å². The van der Waals surface area contributed by atoms with Crippen LogP contribution in [-0.4, -0.2) is 25.4 Å². The van der Waals surface area contributed by atoms with E-state index in [1.165, 1.54) is 44.1 Å². The second-order valence-corrected chi connectivity index (χ2v) is 8.01. The largest absolute Gasteiger partial charge is 0.376 e. The maximum absolute atomic E-state index is 5.94. The smallest absolute Gasteiger partial charge is 0.0809 e.